The number of rotatable bonds is 6. The Bertz CT molecular complexity index is 1670. The molecule has 6 rings (SSSR count). The van der Waals surface area contributed by atoms with Gasteiger partial charge in [0.2, 0.25) is 11.9 Å². The van der Waals surface area contributed by atoms with Crippen molar-refractivity contribution in [3.63, 3.8) is 0 Å². The van der Waals surface area contributed by atoms with Crippen LogP contribution in [0, 0.1) is 6.92 Å². The van der Waals surface area contributed by atoms with Gasteiger partial charge < -0.3 is 5.32 Å². The van der Waals surface area contributed by atoms with Crippen LogP contribution < -0.4 is 10.6 Å². The van der Waals surface area contributed by atoms with Crippen LogP contribution in [-0.4, -0.2) is 50.3 Å². The number of aromatic amines is 2. The molecule has 0 saturated heterocycles. The van der Waals surface area contributed by atoms with E-state index in [1.807, 2.05) is 13.0 Å². The number of aromatic nitrogens is 10. The lowest BCUT2D eigenvalue weighted by molar-refractivity contribution is -0.134. The Labute approximate surface area is 236 Å². The lowest BCUT2D eigenvalue weighted by Gasteiger charge is -2.03. The van der Waals surface area contributed by atoms with E-state index >= 15 is 0 Å². The quantitative estimate of drug-likeness (QED) is 0.175. The summed E-state index contributed by atoms with van der Waals surface area (Å²) in [5.41, 5.74) is 2.51. The summed E-state index contributed by atoms with van der Waals surface area (Å²) in [7, 11) is 0. The summed E-state index contributed by atoms with van der Waals surface area (Å²) in [6.07, 6.45) is 6.20. The van der Waals surface area contributed by atoms with E-state index in [9.17, 15) is 13.2 Å². The number of hydrogen-bond acceptors (Lipinski definition) is 12. The first-order valence-corrected chi connectivity index (χ1v) is 13.1. The number of hydrogen-bond donors (Lipinski definition) is 4. The van der Waals surface area contributed by atoms with Crippen molar-refractivity contribution in [2.75, 3.05) is 10.6 Å². The summed E-state index contributed by atoms with van der Waals surface area (Å²) in [5, 5.41) is 19.1. The second-order valence-electron chi connectivity index (χ2n) is 7.65. The maximum atomic E-state index is 13.1. The third-order valence-electron chi connectivity index (χ3n) is 4.81. The van der Waals surface area contributed by atoms with Crippen LogP contribution in [0.1, 0.15) is 10.6 Å². The van der Waals surface area contributed by atoms with E-state index in [2.05, 4.69) is 60.9 Å². The van der Waals surface area contributed by atoms with Gasteiger partial charge in [-0.15, -0.1) is 0 Å². The Kier molecular flexibility index (Phi) is 7.94. The smallest absolute Gasteiger partial charge is 0.300 e. The molecule has 0 aliphatic heterocycles. The van der Waals surface area contributed by atoms with Crippen LogP contribution in [0.5, 0.6) is 0 Å². The molecule has 0 spiro atoms. The molecule has 0 aliphatic rings. The van der Waals surface area contributed by atoms with Crippen molar-refractivity contribution in [2.45, 2.75) is 13.1 Å². The highest BCUT2D eigenvalue weighted by Gasteiger charge is 2.38. The van der Waals surface area contributed by atoms with Gasteiger partial charge in [0, 0.05) is 47.8 Å². The standard InChI is InChI=1S/C11H9ClN6S.C11H7F3N6S/c1-6-2-3-13-10(16-6)18-11-17-8(9(12)19-11)7-4-14-15-5-7;12-11(13,14)8-7(6-4-17-18-5-6)19-10(21-8)20-9-15-2-1-3-16-9/h2-5H,1H3,(H,14,15)(H,13,16,17,18);1-5H,(H,17,18)(H,15,16,19,20). The third kappa shape index (κ3) is 6.56. The number of halogens is 4. The molecule has 40 heavy (non-hydrogen) atoms. The summed E-state index contributed by atoms with van der Waals surface area (Å²) in [6.45, 7) is 1.90. The van der Waals surface area contributed by atoms with E-state index in [0.29, 0.717) is 32.4 Å². The van der Waals surface area contributed by atoms with Crippen molar-refractivity contribution in [3.05, 3.63) is 70.4 Å². The largest absolute Gasteiger partial charge is 0.427 e. The van der Waals surface area contributed by atoms with Gasteiger partial charge in [0.05, 0.1) is 18.1 Å². The Morgan fingerprint density at radius 1 is 0.800 bits per heavy atom. The first-order chi connectivity index (χ1) is 19.3. The summed E-state index contributed by atoms with van der Waals surface area (Å²) in [4.78, 5) is 23.7. The molecule has 6 aromatic rings. The number of thiazole rings is 2. The number of nitrogens with one attached hydrogen (secondary N) is 4. The summed E-state index contributed by atoms with van der Waals surface area (Å²) < 4.78 is 39.8. The van der Waals surface area contributed by atoms with E-state index in [4.69, 9.17) is 11.6 Å². The summed E-state index contributed by atoms with van der Waals surface area (Å²) in [5.74, 6) is 0.683. The van der Waals surface area contributed by atoms with Crippen molar-refractivity contribution < 1.29 is 13.2 Å². The molecule has 0 amide bonds. The first kappa shape index (κ1) is 27.1. The highest BCUT2D eigenvalue weighted by molar-refractivity contribution is 7.20. The molecule has 0 saturated carbocycles. The maximum Gasteiger partial charge on any atom is 0.427 e. The molecule has 0 aromatic carbocycles. The van der Waals surface area contributed by atoms with E-state index in [-0.39, 0.29) is 22.3 Å². The van der Waals surface area contributed by atoms with Crippen molar-refractivity contribution in [3.8, 4) is 22.5 Å². The van der Waals surface area contributed by atoms with Crippen LogP contribution in [0.2, 0.25) is 4.34 Å². The van der Waals surface area contributed by atoms with Crippen molar-refractivity contribution >= 4 is 56.4 Å². The van der Waals surface area contributed by atoms with Gasteiger partial charge in [0.1, 0.15) is 14.9 Å². The fourth-order valence-electron chi connectivity index (χ4n) is 3.12. The van der Waals surface area contributed by atoms with Gasteiger partial charge in [0.15, 0.2) is 10.3 Å². The van der Waals surface area contributed by atoms with Gasteiger partial charge >= 0.3 is 6.18 Å². The zero-order chi connectivity index (χ0) is 28.1. The van der Waals surface area contributed by atoms with E-state index < -0.39 is 11.1 Å². The molecule has 12 nitrogen and oxygen atoms in total. The van der Waals surface area contributed by atoms with Crippen molar-refractivity contribution in [1.29, 1.82) is 0 Å². The molecular weight excluding hydrogens is 589 g/mol. The minimum Gasteiger partial charge on any atom is -0.300 e. The number of anilines is 4. The summed E-state index contributed by atoms with van der Waals surface area (Å²) >= 11 is 7.99. The number of H-pyrrole nitrogens is 2. The molecule has 4 N–H and O–H groups in total. The van der Waals surface area contributed by atoms with E-state index in [1.54, 1.807) is 24.7 Å². The predicted molar refractivity (Wildman–Crippen MR) is 145 cm³/mol. The van der Waals surface area contributed by atoms with Crippen LogP contribution in [0.4, 0.5) is 35.3 Å². The molecular formula is C22H16ClF3N12S2. The molecule has 0 atom stereocenters. The second kappa shape index (κ2) is 11.7. The van der Waals surface area contributed by atoms with Crippen LogP contribution in [0.3, 0.4) is 0 Å². The monoisotopic (exact) mass is 604 g/mol. The lowest BCUT2D eigenvalue weighted by atomic mass is 10.2. The number of aryl methyl sites for hydroxylation is 1. The van der Waals surface area contributed by atoms with Crippen LogP contribution >= 0.6 is 34.3 Å². The minimum atomic E-state index is -4.50. The topological polar surface area (TPSA) is 159 Å². The van der Waals surface area contributed by atoms with Gasteiger partial charge in [-0.25, -0.2) is 29.9 Å². The first-order valence-electron chi connectivity index (χ1n) is 11.1. The zero-order valence-electron chi connectivity index (χ0n) is 20.1. The van der Waals surface area contributed by atoms with Gasteiger partial charge in [-0.3, -0.25) is 15.5 Å². The fourth-order valence-corrected chi connectivity index (χ4v) is 5.05. The zero-order valence-corrected chi connectivity index (χ0v) is 22.5. The van der Waals surface area contributed by atoms with Crippen LogP contribution in [0.15, 0.2) is 55.5 Å². The highest BCUT2D eigenvalue weighted by atomic mass is 35.5. The van der Waals surface area contributed by atoms with Gasteiger partial charge in [-0.1, -0.05) is 34.3 Å². The fraction of sp³-hybridized carbons (Fsp3) is 0.0909. The van der Waals surface area contributed by atoms with E-state index in [0.717, 1.165) is 11.3 Å². The molecule has 0 fully saturated rings. The van der Waals surface area contributed by atoms with Gasteiger partial charge in [-0.2, -0.15) is 23.4 Å². The molecule has 6 aromatic heterocycles. The van der Waals surface area contributed by atoms with Crippen LogP contribution in [-0.2, 0) is 6.18 Å². The average molecular weight is 605 g/mol. The Hall–Kier alpha value is -4.48. The van der Waals surface area contributed by atoms with E-state index in [1.165, 1.54) is 36.1 Å². The third-order valence-corrected chi connectivity index (χ3v) is 7.00. The Balaban J connectivity index is 0.000000162. The molecule has 0 aliphatic carbocycles. The normalized spacial score (nSPS) is 11.1. The molecule has 0 unspecified atom stereocenters. The van der Waals surface area contributed by atoms with Crippen molar-refractivity contribution in [1.82, 2.24) is 50.3 Å². The Morgan fingerprint density at radius 3 is 2.02 bits per heavy atom. The molecule has 18 heteroatoms. The van der Waals surface area contributed by atoms with Crippen molar-refractivity contribution in [2.24, 2.45) is 0 Å². The van der Waals surface area contributed by atoms with Gasteiger partial charge in [-0.05, 0) is 19.1 Å². The SMILES string of the molecule is Cc1ccnc(Nc2nc(-c3cn[nH]c3)c(Cl)s2)n1.FC(F)(F)c1sc(Nc2ncccn2)nc1-c1cn[nH]c1. The second-order valence-corrected chi connectivity index (χ2v) is 10.3. The number of alkyl halides is 3. The maximum absolute atomic E-state index is 13.1. The van der Waals surface area contributed by atoms with Crippen LogP contribution in [0.25, 0.3) is 22.5 Å². The highest BCUT2D eigenvalue weighted by Crippen LogP contribution is 2.42. The molecule has 204 valence electrons. The molecule has 0 radical (unpaired) electrons. The lowest BCUT2D eigenvalue weighted by Crippen LogP contribution is -2.03. The summed E-state index contributed by atoms with van der Waals surface area (Å²) in [6, 6.07) is 3.43. The average Bonchev–Trinajstić information content (AvgIpc) is 3.72. The van der Waals surface area contributed by atoms with Gasteiger partial charge in [0.25, 0.3) is 0 Å². The molecule has 0 bridgehead atoms. The Morgan fingerprint density at radius 2 is 1.40 bits per heavy atom. The predicted octanol–water partition coefficient (Wildman–Crippen LogP) is 6.11. The minimum absolute atomic E-state index is 0.0599. The number of nitrogens with zero attached hydrogens (tertiary/aromatic N) is 8. The molecule has 6 heterocycles.